The maximum Gasteiger partial charge on any atom is 0.424 e. The maximum absolute atomic E-state index is 12.1. The summed E-state index contributed by atoms with van der Waals surface area (Å²) in [6.07, 6.45) is 5.80. The number of hydrogen-bond acceptors (Lipinski definition) is 3. The van der Waals surface area contributed by atoms with Crippen LogP contribution in [0.2, 0.25) is 0 Å². The van der Waals surface area contributed by atoms with Crippen molar-refractivity contribution in [3.8, 4) is 0 Å². The summed E-state index contributed by atoms with van der Waals surface area (Å²) >= 11 is 5.76. The summed E-state index contributed by atoms with van der Waals surface area (Å²) in [5.74, 6) is 0.696. The monoisotopic (exact) mass is 338 g/mol. The molecule has 1 aliphatic heterocycles. The van der Waals surface area contributed by atoms with E-state index in [1.807, 2.05) is 18.2 Å². The zero-order valence-corrected chi connectivity index (χ0v) is 14.6. The number of hydrazine groups is 1. The molecule has 0 bridgehead atoms. The number of benzene rings is 1. The van der Waals surface area contributed by atoms with Gasteiger partial charge in [0.1, 0.15) is 6.61 Å². The molecule has 128 valence electrons. The molecule has 0 spiro atoms. The topological polar surface area (TPSA) is 41.6 Å². The van der Waals surface area contributed by atoms with Crippen molar-refractivity contribution in [2.24, 2.45) is 0 Å². The minimum Gasteiger partial charge on any atom is -0.446 e. The van der Waals surface area contributed by atoms with Gasteiger partial charge < -0.3 is 4.74 Å². The van der Waals surface area contributed by atoms with Gasteiger partial charge in [-0.2, -0.15) is 0 Å². The van der Waals surface area contributed by atoms with Crippen LogP contribution in [0.3, 0.4) is 0 Å². The van der Waals surface area contributed by atoms with E-state index in [9.17, 15) is 4.79 Å². The highest BCUT2D eigenvalue weighted by Crippen LogP contribution is 2.17. The maximum atomic E-state index is 12.1. The fraction of sp³-hybridized carbons (Fsp3) is 0.611. The van der Waals surface area contributed by atoms with Crippen molar-refractivity contribution in [3.05, 3.63) is 35.9 Å². The Morgan fingerprint density at radius 3 is 2.78 bits per heavy atom. The van der Waals surface area contributed by atoms with Crippen LogP contribution in [0.25, 0.3) is 0 Å². The predicted molar refractivity (Wildman–Crippen MR) is 93.5 cm³/mol. The van der Waals surface area contributed by atoms with E-state index in [0.717, 1.165) is 38.5 Å². The Bertz CT molecular complexity index is 469. The lowest BCUT2D eigenvalue weighted by atomic mass is 10.0. The summed E-state index contributed by atoms with van der Waals surface area (Å²) in [7, 11) is 0. The summed E-state index contributed by atoms with van der Waals surface area (Å²) in [6, 6.07) is 10.6. The molecule has 0 aromatic heterocycles. The number of carbonyl (C=O) groups is 1. The molecule has 5 heteroatoms. The molecule has 0 radical (unpaired) electrons. The van der Waals surface area contributed by atoms with Gasteiger partial charge in [0.05, 0.1) is 6.04 Å². The summed E-state index contributed by atoms with van der Waals surface area (Å²) < 4.78 is 5.26. The van der Waals surface area contributed by atoms with Crippen molar-refractivity contribution in [2.75, 3.05) is 12.5 Å². The number of nitrogens with one attached hydrogen (secondary N) is 1. The van der Waals surface area contributed by atoms with Gasteiger partial charge in [-0.25, -0.2) is 15.2 Å². The molecule has 0 saturated carbocycles. The zero-order chi connectivity index (χ0) is 16.5. The Morgan fingerprint density at radius 1 is 1.30 bits per heavy atom. The first kappa shape index (κ1) is 18.1. The highest BCUT2D eigenvalue weighted by molar-refractivity contribution is 6.17. The van der Waals surface area contributed by atoms with Gasteiger partial charge in [0.15, 0.2) is 0 Å². The highest BCUT2D eigenvalue weighted by Gasteiger charge is 2.34. The van der Waals surface area contributed by atoms with E-state index < -0.39 is 0 Å². The third kappa shape index (κ3) is 5.70. The van der Waals surface area contributed by atoms with Crippen LogP contribution in [-0.2, 0) is 11.2 Å². The van der Waals surface area contributed by atoms with Crippen LogP contribution in [-0.4, -0.2) is 35.7 Å². The molecule has 2 atom stereocenters. The third-order valence-corrected chi connectivity index (χ3v) is 4.44. The Kier molecular flexibility index (Phi) is 7.69. The average molecular weight is 339 g/mol. The summed E-state index contributed by atoms with van der Waals surface area (Å²) in [4.78, 5) is 12.1. The van der Waals surface area contributed by atoms with E-state index in [2.05, 4.69) is 24.5 Å². The van der Waals surface area contributed by atoms with Gasteiger partial charge in [0.25, 0.3) is 0 Å². The third-order valence-electron chi connectivity index (χ3n) is 4.17. The first-order valence-corrected chi connectivity index (χ1v) is 9.10. The van der Waals surface area contributed by atoms with Crippen LogP contribution in [0.4, 0.5) is 4.79 Å². The Hall–Kier alpha value is -1.26. The number of carbonyl (C=O) groups excluding carboxylic acids is 1. The Labute approximate surface area is 144 Å². The van der Waals surface area contributed by atoms with Gasteiger partial charge in [0, 0.05) is 11.9 Å². The summed E-state index contributed by atoms with van der Waals surface area (Å²) in [5, 5.41) is 1.70. The fourth-order valence-corrected chi connectivity index (χ4v) is 3.15. The van der Waals surface area contributed by atoms with E-state index in [1.54, 1.807) is 5.01 Å². The number of hydrogen-bond donors (Lipinski definition) is 1. The van der Waals surface area contributed by atoms with Gasteiger partial charge in [0.2, 0.25) is 0 Å². The van der Waals surface area contributed by atoms with Crippen molar-refractivity contribution in [3.63, 3.8) is 0 Å². The second kappa shape index (κ2) is 9.78. The van der Waals surface area contributed by atoms with Crippen LogP contribution >= 0.6 is 11.6 Å². The molecule has 1 fully saturated rings. The van der Waals surface area contributed by atoms with Crippen LogP contribution in [0.5, 0.6) is 0 Å². The smallest absolute Gasteiger partial charge is 0.424 e. The van der Waals surface area contributed by atoms with Crippen molar-refractivity contribution >= 4 is 17.7 Å². The van der Waals surface area contributed by atoms with E-state index in [-0.39, 0.29) is 12.1 Å². The quantitative estimate of drug-likeness (QED) is 0.515. The van der Waals surface area contributed by atoms with E-state index >= 15 is 0 Å². The van der Waals surface area contributed by atoms with Gasteiger partial charge in [-0.1, -0.05) is 50.1 Å². The van der Waals surface area contributed by atoms with Crippen molar-refractivity contribution < 1.29 is 9.53 Å². The largest absolute Gasteiger partial charge is 0.446 e. The SMILES string of the molecule is CCC[C@H](CCCCCl)NN1C(=O)OC[C@@H]1Cc1ccccc1. The number of unbranched alkanes of at least 4 members (excludes halogenated alkanes) is 1. The molecular weight excluding hydrogens is 312 g/mol. The first-order chi connectivity index (χ1) is 11.2. The second-order valence-corrected chi connectivity index (χ2v) is 6.47. The number of amides is 1. The van der Waals surface area contributed by atoms with E-state index in [0.29, 0.717) is 18.5 Å². The molecule has 1 amide bonds. The minimum atomic E-state index is -0.260. The lowest BCUT2D eigenvalue weighted by Gasteiger charge is -2.28. The number of ether oxygens (including phenoxy) is 1. The van der Waals surface area contributed by atoms with Crippen LogP contribution < -0.4 is 5.43 Å². The average Bonchev–Trinajstić information content (AvgIpc) is 2.89. The Balaban J connectivity index is 1.94. The molecule has 0 unspecified atom stereocenters. The van der Waals surface area contributed by atoms with E-state index in [4.69, 9.17) is 16.3 Å². The second-order valence-electron chi connectivity index (χ2n) is 6.09. The van der Waals surface area contributed by atoms with Gasteiger partial charge in [-0.15, -0.1) is 11.6 Å². The number of halogens is 1. The highest BCUT2D eigenvalue weighted by atomic mass is 35.5. The lowest BCUT2D eigenvalue weighted by Crippen LogP contribution is -2.50. The van der Waals surface area contributed by atoms with Gasteiger partial charge in [-0.3, -0.25) is 0 Å². The van der Waals surface area contributed by atoms with Crippen molar-refractivity contribution in [1.82, 2.24) is 10.4 Å². The standard InChI is InChI=1S/C18H27ClN2O2/c1-2-8-16(11-6-7-12-19)20-21-17(14-23-18(21)22)13-15-9-4-3-5-10-15/h3-5,9-10,16-17,20H,2,6-8,11-14H2,1H3/t16-,17+/m1/s1. The fourth-order valence-electron chi connectivity index (χ4n) is 2.96. The van der Waals surface area contributed by atoms with Crippen molar-refractivity contribution in [2.45, 2.75) is 57.5 Å². The molecule has 23 heavy (non-hydrogen) atoms. The number of nitrogens with zero attached hydrogens (tertiary/aromatic N) is 1. The molecule has 2 rings (SSSR count). The molecule has 1 N–H and O–H groups in total. The molecule has 1 aliphatic rings. The van der Waals surface area contributed by atoms with Gasteiger partial charge in [-0.05, 0) is 31.2 Å². The normalized spacial score (nSPS) is 19.0. The molecule has 1 heterocycles. The molecule has 4 nitrogen and oxygen atoms in total. The lowest BCUT2D eigenvalue weighted by molar-refractivity contribution is 0.126. The van der Waals surface area contributed by atoms with Crippen LogP contribution in [0.15, 0.2) is 30.3 Å². The number of rotatable bonds is 10. The van der Waals surface area contributed by atoms with Crippen LogP contribution in [0.1, 0.15) is 44.6 Å². The van der Waals surface area contributed by atoms with Gasteiger partial charge >= 0.3 is 6.09 Å². The van der Waals surface area contributed by atoms with Crippen LogP contribution in [0, 0.1) is 0 Å². The Morgan fingerprint density at radius 2 is 2.09 bits per heavy atom. The first-order valence-electron chi connectivity index (χ1n) is 8.56. The minimum absolute atomic E-state index is 0.0530. The predicted octanol–water partition coefficient (Wildman–Crippen LogP) is 4.13. The zero-order valence-electron chi connectivity index (χ0n) is 13.8. The molecule has 1 aromatic rings. The summed E-state index contributed by atoms with van der Waals surface area (Å²) in [5.41, 5.74) is 4.63. The van der Waals surface area contributed by atoms with Crippen molar-refractivity contribution in [1.29, 1.82) is 0 Å². The molecular formula is C18H27ClN2O2. The summed E-state index contributed by atoms with van der Waals surface area (Å²) in [6.45, 7) is 2.61. The molecule has 1 aromatic carbocycles. The van der Waals surface area contributed by atoms with E-state index in [1.165, 1.54) is 5.56 Å². The molecule has 1 saturated heterocycles. The molecule has 0 aliphatic carbocycles. The number of alkyl halides is 1. The number of cyclic esters (lactones) is 1.